The molecule has 4 rings (SSSR count). The highest BCUT2D eigenvalue weighted by Gasteiger charge is 2.42. The predicted molar refractivity (Wildman–Crippen MR) is 107 cm³/mol. The number of carbonyl (C=O) groups is 1. The molecule has 1 aromatic carbocycles. The van der Waals surface area contributed by atoms with Gasteiger partial charge in [0, 0.05) is 13.1 Å². The fourth-order valence-electron chi connectivity index (χ4n) is 4.44. The first-order valence-electron chi connectivity index (χ1n) is 9.86. The third kappa shape index (κ3) is 4.29. The van der Waals surface area contributed by atoms with E-state index in [-0.39, 0.29) is 23.5 Å². The molecule has 1 N–H and O–H groups in total. The summed E-state index contributed by atoms with van der Waals surface area (Å²) in [6.45, 7) is 2.13. The van der Waals surface area contributed by atoms with Gasteiger partial charge in [-0.1, -0.05) is 0 Å². The summed E-state index contributed by atoms with van der Waals surface area (Å²) in [6, 6.07) is 10.7. The molecule has 0 unspecified atom stereocenters. The summed E-state index contributed by atoms with van der Waals surface area (Å²) in [4.78, 5) is 18.9. The molecule has 1 aliphatic carbocycles. The number of hydrogen-bond acceptors (Lipinski definition) is 7. The van der Waals surface area contributed by atoms with E-state index in [1.54, 1.807) is 7.11 Å². The second-order valence-electron chi connectivity index (χ2n) is 7.75. The number of aromatic nitrogens is 1. The maximum Gasteiger partial charge on any atom is 0.257 e. The van der Waals surface area contributed by atoms with Gasteiger partial charge in [0.15, 0.2) is 11.5 Å². The van der Waals surface area contributed by atoms with Crippen LogP contribution < -0.4 is 14.2 Å². The van der Waals surface area contributed by atoms with E-state index in [9.17, 15) is 9.90 Å². The number of benzene rings is 1. The summed E-state index contributed by atoms with van der Waals surface area (Å²) >= 11 is 0. The van der Waals surface area contributed by atoms with Crippen molar-refractivity contribution in [1.82, 2.24) is 9.88 Å². The molecule has 2 aliphatic rings. The molecular weight excluding hydrogens is 372 g/mol. The first-order chi connectivity index (χ1) is 14.1. The van der Waals surface area contributed by atoms with Crippen molar-refractivity contribution >= 4 is 5.78 Å². The lowest BCUT2D eigenvalue weighted by molar-refractivity contribution is 0.0931. The minimum absolute atomic E-state index is 0.0608. The Morgan fingerprint density at radius 1 is 1.03 bits per heavy atom. The number of likely N-dealkylation sites (tertiary alicyclic amines) is 1. The van der Waals surface area contributed by atoms with Crippen molar-refractivity contribution in [2.75, 3.05) is 33.9 Å². The minimum atomic E-state index is -0.0670. The maximum atomic E-state index is 12.6. The van der Waals surface area contributed by atoms with Crippen molar-refractivity contribution in [3.63, 3.8) is 0 Å². The summed E-state index contributed by atoms with van der Waals surface area (Å²) in [5.41, 5.74) is 0.317. The van der Waals surface area contributed by atoms with Crippen molar-refractivity contribution in [2.24, 2.45) is 11.8 Å². The molecule has 1 saturated carbocycles. The van der Waals surface area contributed by atoms with E-state index in [0.29, 0.717) is 24.1 Å². The van der Waals surface area contributed by atoms with Gasteiger partial charge in [-0.25, -0.2) is 4.98 Å². The fourth-order valence-corrected chi connectivity index (χ4v) is 4.44. The Balaban J connectivity index is 1.29. The molecule has 0 spiro atoms. The predicted octanol–water partition coefficient (Wildman–Crippen LogP) is 2.78. The van der Waals surface area contributed by atoms with Crippen LogP contribution in [0.3, 0.4) is 0 Å². The highest BCUT2D eigenvalue weighted by Crippen LogP contribution is 2.40. The van der Waals surface area contributed by atoms with Crippen LogP contribution in [0.1, 0.15) is 23.3 Å². The largest absolute Gasteiger partial charge is 0.503 e. The fraction of sp³-hybridized carbons (Fsp3) is 0.455. The van der Waals surface area contributed by atoms with E-state index in [1.165, 1.54) is 19.2 Å². The highest BCUT2D eigenvalue weighted by atomic mass is 16.5. The number of hydrogen-bond donors (Lipinski definition) is 1. The second-order valence-corrected chi connectivity index (χ2v) is 7.75. The minimum Gasteiger partial charge on any atom is -0.503 e. The smallest absolute Gasteiger partial charge is 0.257 e. The number of rotatable bonds is 7. The molecule has 1 saturated heterocycles. The topological polar surface area (TPSA) is 81.1 Å². The standard InChI is InChI=1S/C22H26N2O5/c1-27-16-3-5-17(6-4-16)29-18-9-14-11-24(12-15(14)10-18)13-21(26)19-7-8-20(25)22(23-19)28-2/h3-8,14-15,18,25H,9-13H2,1-2H3/t14-,15+,18+. The quantitative estimate of drug-likeness (QED) is 0.718. The van der Waals surface area contributed by atoms with E-state index in [0.717, 1.165) is 37.4 Å². The molecule has 7 heteroatoms. The van der Waals surface area contributed by atoms with E-state index in [1.807, 2.05) is 24.3 Å². The monoisotopic (exact) mass is 398 g/mol. The molecule has 2 aromatic rings. The van der Waals surface area contributed by atoms with Crippen LogP contribution in [0.25, 0.3) is 0 Å². The zero-order valence-electron chi connectivity index (χ0n) is 16.7. The van der Waals surface area contributed by atoms with Gasteiger partial charge in [-0.3, -0.25) is 9.69 Å². The Morgan fingerprint density at radius 2 is 1.69 bits per heavy atom. The Labute approximate surface area is 170 Å². The number of ether oxygens (including phenoxy) is 3. The van der Waals surface area contributed by atoms with Crippen LogP contribution >= 0.6 is 0 Å². The number of methoxy groups -OCH3 is 2. The number of aromatic hydroxyl groups is 1. The summed E-state index contributed by atoms with van der Waals surface area (Å²) in [6.07, 6.45) is 2.23. The molecule has 2 fully saturated rings. The maximum absolute atomic E-state index is 12.6. The molecule has 2 heterocycles. The molecule has 0 bridgehead atoms. The molecular formula is C22H26N2O5. The van der Waals surface area contributed by atoms with Gasteiger partial charge < -0.3 is 19.3 Å². The Kier molecular flexibility index (Phi) is 5.58. The van der Waals surface area contributed by atoms with Crippen molar-refractivity contribution in [3.8, 4) is 23.1 Å². The van der Waals surface area contributed by atoms with E-state index in [2.05, 4.69) is 9.88 Å². The SMILES string of the molecule is COc1ccc(O[C@H]2C[C@@H]3CN(CC(=O)c4ccc(O)c(OC)n4)C[C@@H]3C2)cc1. The van der Waals surface area contributed by atoms with Gasteiger partial charge in [-0.15, -0.1) is 0 Å². The lowest BCUT2D eigenvalue weighted by atomic mass is 10.0. The lowest BCUT2D eigenvalue weighted by Crippen LogP contribution is -2.30. The molecule has 29 heavy (non-hydrogen) atoms. The van der Waals surface area contributed by atoms with Crippen LogP contribution in [0.4, 0.5) is 0 Å². The highest BCUT2D eigenvalue weighted by molar-refractivity contribution is 5.96. The normalized spacial score (nSPS) is 23.6. The third-order valence-electron chi connectivity index (χ3n) is 5.83. The summed E-state index contributed by atoms with van der Waals surface area (Å²) in [5, 5.41) is 9.64. The van der Waals surface area contributed by atoms with Crippen molar-refractivity contribution in [2.45, 2.75) is 18.9 Å². The van der Waals surface area contributed by atoms with Gasteiger partial charge in [0.25, 0.3) is 5.88 Å². The number of Topliss-reactive ketones (excluding diaryl/α,β-unsaturated/α-hetero) is 1. The molecule has 0 amide bonds. The third-order valence-corrected chi connectivity index (χ3v) is 5.83. The number of nitrogens with zero attached hydrogens (tertiary/aromatic N) is 2. The zero-order valence-corrected chi connectivity index (χ0v) is 16.7. The van der Waals surface area contributed by atoms with Gasteiger partial charge in [0.1, 0.15) is 17.2 Å². The van der Waals surface area contributed by atoms with E-state index >= 15 is 0 Å². The average molecular weight is 398 g/mol. The van der Waals surface area contributed by atoms with E-state index < -0.39 is 0 Å². The van der Waals surface area contributed by atoms with Crippen LogP contribution in [-0.4, -0.2) is 60.7 Å². The van der Waals surface area contributed by atoms with Gasteiger partial charge >= 0.3 is 0 Å². The van der Waals surface area contributed by atoms with Crippen LogP contribution in [-0.2, 0) is 0 Å². The molecule has 3 atom stereocenters. The van der Waals surface area contributed by atoms with Crippen LogP contribution in [0.2, 0.25) is 0 Å². The Bertz CT molecular complexity index is 856. The van der Waals surface area contributed by atoms with Crippen LogP contribution in [0, 0.1) is 11.8 Å². The first-order valence-corrected chi connectivity index (χ1v) is 9.86. The molecule has 7 nitrogen and oxygen atoms in total. The number of ketones is 1. The van der Waals surface area contributed by atoms with Crippen molar-refractivity contribution < 1.29 is 24.1 Å². The van der Waals surface area contributed by atoms with E-state index in [4.69, 9.17) is 14.2 Å². The summed E-state index contributed by atoms with van der Waals surface area (Å²) in [7, 11) is 3.07. The van der Waals surface area contributed by atoms with Crippen LogP contribution in [0.5, 0.6) is 23.1 Å². The Morgan fingerprint density at radius 3 is 2.31 bits per heavy atom. The second kappa shape index (κ2) is 8.29. The van der Waals surface area contributed by atoms with Gasteiger partial charge in [0.2, 0.25) is 0 Å². The number of carbonyl (C=O) groups excluding carboxylic acids is 1. The molecule has 154 valence electrons. The summed E-state index contributed by atoms with van der Waals surface area (Å²) in [5.74, 6) is 2.74. The summed E-state index contributed by atoms with van der Waals surface area (Å²) < 4.78 is 16.3. The number of pyridine rings is 1. The van der Waals surface area contributed by atoms with Crippen molar-refractivity contribution in [3.05, 3.63) is 42.1 Å². The molecule has 1 aromatic heterocycles. The first kappa shape index (κ1) is 19.5. The van der Waals surface area contributed by atoms with Gasteiger partial charge in [0.05, 0.1) is 26.9 Å². The number of fused-ring (bicyclic) bond motifs is 1. The van der Waals surface area contributed by atoms with Crippen LogP contribution in [0.15, 0.2) is 36.4 Å². The van der Waals surface area contributed by atoms with Gasteiger partial charge in [-0.2, -0.15) is 0 Å². The molecule has 0 radical (unpaired) electrons. The van der Waals surface area contributed by atoms with Gasteiger partial charge in [-0.05, 0) is 61.1 Å². The van der Waals surface area contributed by atoms with Crippen molar-refractivity contribution in [1.29, 1.82) is 0 Å². The average Bonchev–Trinajstić information content (AvgIpc) is 3.26. The molecule has 1 aliphatic heterocycles. The lowest BCUT2D eigenvalue weighted by Gasteiger charge is -2.19. The zero-order chi connectivity index (χ0) is 20.4. The Hall–Kier alpha value is -2.80.